The van der Waals surface area contributed by atoms with Crippen molar-refractivity contribution in [2.24, 2.45) is 0 Å². The number of benzene rings is 2. The summed E-state index contributed by atoms with van der Waals surface area (Å²) in [5.74, 6) is 1.35. The summed E-state index contributed by atoms with van der Waals surface area (Å²) in [7, 11) is 5.53. The van der Waals surface area contributed by atoms with Gasteiger partial charge in [-0.1, -0.05) is 30.3 Å². The van der Waals surface area contributed by atoms with E-state index in [1.807, 2.05) is 73.6 Å². The van der Waals surface area contributed by atoms with Gasteiger partial charge in [0.05, 0.1) is 7.11 Å². The second-order valence-corrected chi connectivity index (χ2v) is 6.35. The third-order valence-electron chi connectivity index (χ3n) is 4.06. The predicted molar refractivity (Wildman–Crippen MR) is 105 cm³/mol. The Morgan fingerprint density at radius 3 is 2.41 bits per heavy atom. The number of nitrogens with one attached hydrogen (secondary N) is 1. The molecule has 2 aromatic carbocycles. The summed E-state index contributed by atoms with van der Waals surface area (Å²) >= 11 is 0. The quantitative estimate of drug-likeness (QED) is 0.696. The van der Waals surface area contributed by atoms with E-state index in [9.17, 15) is 4.79 Å². The fourth-order valence-corrected chi connectivity index (χ4v) is 2.59. The van der Waals surface area contributed by atoms with Crippen LogP contribution < -0.4 is 10.1 Å². The molecule has 6 nitrogen and oxygen atoms in total. The number of amides is 1. The van der Waals surface area contributed by atoms with E-state index in [0.717, 1.165) is 23.4 Å². The highest BCUT2D eigenvalue weighted by atomic mass is 16.5. The Bertz CT molecular complexity index is 887. The van der Waals surface area contributed by atoms with Crippen molar-refractivity contribution in [1.82, 2.24) is 15.2 Å². The Morgan fingerprint density at radius 2 is 1.78 bits per heavy atom. The molecule has 0 saturated carbocycles. The molecule has 1 heterocycles. The first-order valence-electron chi connectivity index (χ1n) is 8.72. The van der Waals surface area contributed by atoms with Crippen LogP contribution in [0.25, 0.3) is 22.8 Å². The van der Waals surface area contributed by atoms with Crippen molar-refractivity contribution in [3.63, 3.8) is 0 Å². The van der Waals surface area contributed by atoms with Gasteiger partial charge in [-0.25, -0.2) is 4.98 Å². The Morgan fingerprint density at radius 1 is 1.07 bits per heavy atom. The van der Waals surface area contributed by atoms with E-state index in [2.05, 4.69) is 10.3 Å². The average Bonchev–Trinajstić information content (AvgIpc) is 3.14. The van der Waals surface area contributed by atoms with E-state index < -0.39 is 0 Å². The van der Waals surface area contributed by atoms with Crippen LogP contribution in [-0.4, -0.2) is 50.1 Å². The number of hydrogen-bond donors (Lipinski definition) is 1. The first-order valence-corrected chi connectivity index (χ1v) is 8.72. The molecule has 0 aliphatic heterocycles. The second-order valence-electron chi connectivity index (χ2n) is 6.35. The molecular formula is C21H23N3O3. The van der Waals surface area contributed by atoms with Crippen LogP contribution in [0.4, 0.5) is 0 Å². The second kappa shape index (κ2) is 8.51. The minimum atomic E-state index is -0.251. The molecular weight excluding hydrogens is 342 g/mol. The summed E-state index contributed by atoms with van der Waals surface area (Å²) < 4.78 is 11.2. The lowest BCUT2D eigenvalue weighted by molar-refractivity contribution is 0.0947. The summed E-state index contributed by atoms with van der Waals surface area (Å²) in [5, 5.41) is 2.90. The molecule has 0 saturated heterocycles. The summed E-state index contributed by atoms with van der Waals surface area (Å²) in [6.45, 7) is 1.28. The summed E-state index contributed by atoms with van der Waals surface area (Å²) in [5.41, 5.74) is 1.87. The van der Waals surface area contributed by atoms with E-state index in [-0.39, 0.29) is 11.6 Å². The van der Waals surface area contributed by atoms with Gasteiger partial charge >= 0.3 is 0 Å². The number of methoxy groups -OCH3 is 1. The van der Waals surface area contributed by atoms with E-state index in [1.165, 1.54) is 0 Å². The summed E-state index contributed by atoms with van der Waals surface area (Å²) in [6, 6.07) is 16.9. The maximum absolute atomic E-state index is 12.7. The van der Waals surface area contributed by atoms with Crippen molar-refractivity contribution in [2.75, 3.05) is 34.3 Å². The first-order chi connectivity index (χ1) is 13.1. The lowest BCUT2D eigenvalue weighted by Crippen LogP contribution is -2.31. The molecule has 0 aliphatic rings. The molecule has 1 N–H and O–H groups in total. The molecule has 0 bridgehead atoms. The number of carbonyl (C=O) groups is 1. The minimum absolute atomic E-state index is 0.251. The summed E-state index contributed by atoms with van der Waals surface area (Å²) in [6.07, 6.45) is 0. The Hall–Kier alpha value is -3.12. The lowest BCUT2D eigenvalue weighted by Gasteiger charge is -2.09. The SMILES string of the molecule is COc1ccc(-c2nc(C(=O)NCCN(C)C)c(-c3ccccc3)o2)cc1. The van der Waals surface area contributed by atoms with Crippen molar-refractivity contribution >= 4 is 5.91 Å². The van der Waals surface area contributed by atoms with Crippen molar-refractivity contribution in [3.8, 4) is 28.5 Å². The lowest BCUT2D eigenvalue weighted by atomic mass is 10.1. The molecule has 3 aromatic rings. The average molecular weight is 365 g/mol. The van der Waals surface area contributed by atoms with Crippen molar-refractivity contribution < 1.29 is 13.9 Å². The van der Waals surface area contributed by atoms with Gasteiger partial charge in [-0.15, -0.1) is 0 Å². The van der Waals surface area contributed by atoms with Crippen LogP contribution in [0.1, 0.15) is 10.5 Å². The molecule has 3 rings (SSSR count). The third-order valence-corrected chi connectivity index (χ3v) is 4.06. The number of rotatable bonds is 7. The Balaban J connectivity index is 1.94. The van der Waals surface area contributed by atoms with Crippen molar-refractivity contribution in [2.45, 2.75) is 0 Å². The molecule has 0 radical (unpaired) electrons. The monoisotopic (exact) mass is 365 g/mol. The number of oxazole rings is 1. The standard InChI is InChI=1S/C21H23N3O3/c1-24(2)14-13-22-20(25)18-19(15-7-5-4-6-8-15)27-21(23-18)16-9-11-17(26-3)12-10-16/h4-12H,13-14H2,1-3H3,(H,22,25). The number of hydrogen-bond acceptors (Lipinski definition) is 5. The van der Waals surface area contributed by atoms with Crippen molar-refractivity contribution in [1.29, 1.82) is 0 Å². The minimum Gasteiger partial charge on any atom is -0.497 e. The molecule has 0 aliphatic carbocycles. The predicted octanol–water partition coefficient (Wildman–Crippen LogP) is 3.31. The highest BCUT2D eigenvalue weighted by molar-refractivity contribution is 5.98. The normalized spacial score (nSPS) is 10.8. The molecule has 1 amide bonds. The zero-order valence-electron chi connectivity index (χ0n) is 15.7. The van der Waals surface area contributed by atoms with Crippen LogP contribution in [0.5, 0.6) is 5.75 Å². The molecule has 6 heteroatoms. The number of aromatic nitrogens is 1. The number of nitrogens with zero attached hydrogens (tertiary/aromatic N) is 2. The molecule has 1 aromatic heterocycles. The molecule has 0 atom stereocenters. The van der Waals surface area contributed by atoms with Crippen molar-refractivity contribution in [3.05, 3.63) is 60.3 Å². The Labute approximate surface area is 158 Å². The van der Waals surface area contributed by atoms with Gasteiger partial charge in [0.2, 0.25) is 5.89 Å². The smallest absolute Gasteiger partial charge is 0.273 e. The van der Waals surface area contributed by atoms with Gasteiger partial charge in [0.1, 0.15) is 5.75 Å². The van der Waals surface area contributed by atoms with Crippen LogP contribution in [-0.2, 0) is 0 Å². The maximum atomic E-state index is 12.7. The number of carbonyl (C=O) groups excluding carboxylic acids is 1. The van der Waals surface area contributed by atoms with E-state index in [4.69, 9.17) is 9.15 Å². The van der Waals surface area contributed by atoms with Gasteiger partial charge in [-0.05, 0) is 38.4 Å². The van der Waals surface area contributed by atoms with Crippen LogP contribution >= 0.6 is 0 Å². The zero-order valence-corrected chi connectivity index (χ0v) is 15.7. The largest absolute Gasteiger partial charge is 0.497 e. The fraction of sp³-hybridized carbons (Fsp3) is 0.238. The maximum Gasteiger partial charge on any atom is 0.273 e. The van der Waals surface area contributed by atoms with Crippen LogP contribution in [0.2, 0.25) is 0 Å². The van der Waals surface area contributed by atoms with Gasteiger partial charge in [0.25, 0.3) is 5.91 Å². The third kappa shape index (κ3) is 4.54. The van der Waals surface area contributed by atoms with Gasteiger partial charge in [-0.3, -0.25) is 4.79 Å². The first kappa shape index (κ1) is 18.7. The summed E-state index contributed by atoms with van der Waals surface area (Å²) in [4.78, 5) is 19.2. The van der Waals surface area contributed by atoms with Gasteiger partial charge in [0.15, 0.2) is 11.5 Å². The molecule has 27 heavy (non-hydrogen) atoms. The van der Waals surface area contributed by atoms with E-state index in [0.29, 0.717) is 18.2 Å². The topological polar surface area (TPSA) is 67.6 Å². The van der Waals surface area contributed by atoms with E-state index in [1.54, 1.807) is 7.11 Å². The van der Waals surface area contributed by atoms with Crippen LogP contribution in [0, 0.1) is 0 Å². The van der Waals surface area contributed by atoms with Crippen LogP contribution in [0.15, 0.2) is 59.0 Å². The molecule has 140 valence electrons. The number of ether oxygens (including phenoxy) is 1. The fourth-order valence-electron chi connectivity index (χ4n) is 2.59. The molecule has 0 unspecified atom stereocenters. The zero-order chi connectivity index (χ0) is 19.2. The Kier molecular flexibility index (Phi) is 5.88. The highest BCUT2D eigenvalue weighted by Crippen LogP contribution is 2.30. The van der Waals surface area contributed by atoms with Gasteiger partial charge in [0, 0.05) is 24.2 Å². The van der Waals surface area contributed by atoms with E-state index >= 15 is 0 Å². The molecule has 0 spiro atoms. The number of likely N-dealkylation sites (N-methyl/N-ethyl adjacent to an activating group) is 1. The highest BCUT2D eigenvalue weighted by Gasteiger charge is 2.22. The van der Waals surface area contributed by atoms with Gasteiger partial charge < -0.3 is 19.4 Å². The van der Waals surface area contributed by atoms with Crippen LogP contribution in [0.3, 0.4) is 0 Å². The van der Waals surface area contributed by atoms with Gasteiger partial charge in [-0.2, -0.15) is 0 Å². The molecule has 0 fully saturated rings.